The van der Waals surface area contributed by atoms with Gasteiger partial charge in [-0.15, -0.1) is 0 Å². The highest BCUT2D eigenvalue weighted by molar-refractivity contribution is 6.31. The molecule has 0 bridgehead atoms. The van der Waals surface area contributed by atoms with Crippen molar-refractivity contribution >= 4 is 11.6 Å². The standard InChI is InChI=1S/C16H17ClFNO2/c1-21-12-5-2-10(3-6-12)16(20)14(9-19)13-7-4-11(18)8-15(13)17/h2-8,14,16,20H,9,19H2,1H3. The van der Waals surface area contributed by atoms with Gasteiger partial charge in [-0.3, -0.25) is 0 Å². The van der Waals surface area contributed by atoms with Crippen molar-refractivity contribution in [3.05, 3.63) is 64.4 Å². The van der Waals surface area contributed by atoms with Gasteiger partial charge >= 0.3 is 0 Å². The third-order valence-electron chi connectivity index (χ3n) is 3.45. The van der Waals surface area contributed by atoms with Crippen LogP contribution in [-0.2, 0) is 0 Å². The molecule has 0 aromatic heterocycles. The molecule has 21 heavy (non-hydrogen) atoms. The molecule has 0 saturated heterocycles. The predicted molar refractivity (Wildman–Crippen MR) is 81.2 cm³/mol. The molecule has 0 spiro atoms. The summed E-state index contributed by atoms with van der Waals surface area (Å²) < 4.78 is 18.2. The number of aliphatic hydroxyl groups excluding tert-OH is 1. The van der Waals surface area contributed by atoms with Crippen molar-refractivity contribution in [2.45, 2.75) is 12.0 Å². The molecule has 3 nitrogen and oxygen atoms in total. The smallest absolute Gasteiger partial charge is 0.124 e. The van der Waals surface area contributed by atoms with Gasteiger partial charge in [0.05, 0.1) is 13.2 Å². The number of aliphatic hydroxyl groups is 1. The Labute approximate surface area is 128 Å². The molecule has 0 fully saturated rings. The van der Waals surface area contributed by atoms with E-state index in [1.165, 1.54) is 12.1 Å². The molecule has 5 heteroatoms. The number of benzene rings is 2. The second-order valence-electron chi connectivity index (χ2n) is 4.73. The largest absolute Gasteiger partial charge is 0.497 e. The van der Waals surface area contributed by atoms with Crippen molar-refractivity contribution in [2.75, 3.05) is 13.7 Å². The van der Waals surface area contributed by atoms with Gasteiger partial charge < -0.3 is 15.6 Å². The Bertz CT molecular complexity index is 604. The van der Waals surface area contributed by atoms with Gasteiger partial charge in [-0.1, -0.05) is 29.8 Å². The first-order valence-electron chi connectivity index (χ1n) is 6.54. The van der Waals surface area contributed by atoms with Crippen LogP contribution in [0.15, 0.2) is 42.5 Å². The summed E-state index contributed by atoms with van der Waals surface area (Å²) in [6, 6.07) is 11.1. The number of ether oxygens (including phenoxy) is 1. The molecule has 0 aliphatic carbocycles. The molecule has 0 saturated carbocycles. The minimum absolute atomic E-state index is 0.193. The molecule has 2 rings (SSSR count). The Morgan fingerprint density at radius 1 is 1.24 bits per heavy atom. The molecular weight excluding hydrogens is 293 g/mol. The van der Waals surface area contributed by atoms with Crippen LogP contribution in [0.25, 0.3) is 0 Å². The lowest BCUT2D eigenvalue weighted by atomic mass is 9.89. The first kappa shape index (κ1) is 15.8. The van der Waals surface area contributed by atoms with Crippen molar-refractivity contribution in [2.24, 2.45) is 5.73 Å². The Hall–Kier alpha value is -1.62. The minimum Gasteiger partial charge on any atom is -0.497 e. The second kappa shape index (κ2) is 6.89. The lowest BCUT2D eigenvalue weighted by Gasteiger charge is -2.23. The lowest BCUT2D eigenvalue weighted by molar-refractivity contribution is 0.147. The molecule has 2 aromatic carbocycles. The zero-order valence-corrected chi connectivity index (χ0v) is 12.3. The summed E-state index contributed by atoms with van der Waals surface area (Å²) >= 11 is 6.06. The van der Waals surface area contributed by atoms with E-state index < -0.39 is 17.8 Å². The molecule has 2 aromatic rings. The summed E-state index contributed by atoms with van der Waals surface area (Å²) in [5.41, 5.74) is 7.10. The van der Waals surface area contributed by atoms with Gasteiger partial charge in [0.15, 0.2) is 0 Å². The lowest BCUT2D eigenvalue weighted by Crippen LogP contribution is -2.20. The van der Waals surface area contributed by atoms with E-state index in [0.717, 1.165) is 0 Å². The molecular formula is C16H17ClFNO2. The predicted octanol–water partition coefficient (Wildman–Crippen LogP) is 3.26. The van der Waals surface area contributed by atoms with Gasteiger partial charge in [0.2, 0.25) is 0 Å². The van der Waals surface area contributed by atoms with Crippen molar-refractivity contribution in [1.82, 2.24) is 0 Å². The molecule has 0 radical (unpaired) electrons. The molecule has 3 N–H and O–H groups in total. The van der Waals surface area contributed by atoms with E-state index in [2.05, 4.69) is 0 Å². The summed E-state index contributed by atoms with van der Waals surface area (Å²) in [7, 11) is 1.58. The maximum absolute atomic E-state index is 13.1. The van der Waals surface area contributed by atoms with E-state index in [0.29, 0.717) is 16.9 Å². The topological polar surface area (TPSA) is 55.5 Å². The number of rotatable bonds is 5. The molecule has 0 aliphatic rings. The van der Waals surface area contributed by atoms with Crippen LogP contribution in [0.2, 0.25) is 5.02 Å². The van der Waals surface area contributed by atoms with Crippen LogP contribution in [-0.4, -0.2) is 18.8 Å². The SMILES string of the molecule is COc1ccc(C(O)C(CN)c2ccc(F)cc2Cl)cc1. The van der Waals surface area contributed by atoms with Gasteiger partial charge in [-0.2, -0.15) is 0 Å². The van der Waals surface area contributed by atoms with Crippen molar-refractivity contribution < 1.29 is 14.2 Å². The quantitative estimate of drug-likeness (QED) is 0.891. The highest BCUT2D eigenvalue weighted by Gasteiger charge is 2.23. The molecule has 0 aliphatic heterocycles. The Balaban J connectivity index is 2.30. The Kier molecular flexibility index (Phi) is 5.17. The van der Waals surface area contributed by atoms with Crippen LogP contribution in [0, 0.1) is 5.82 Å². The van der Waals surface area contributed by atoms with E-state index in [-0.39, 0.29) is 11.6 Å². The second-order valence-corrected chi connectivity index (χ2v) is 5.13. The Morgan fingerprint density at radius 2 is 1.90 bits per heavy atom. The van der Waals surface area contributed by atoms with Gasteiger partial charge in [0.1, 0.15) is 11.6 Å². The molecule has 2 unspecified atom stereocenters. The molecule has 0 heterocycles. The Morgan fingerprint density at radius 3 is 2.43 bits per heavy atom. The van der Waals surface area contributed by atoms with Crippen LogP contribution in [0.3, 0.4) is 0 Å². The van der Waals surface area contributed by atoms with E-state index >= 15 is 0 Å². The first-order valence-corrected chi connectivity index (χ1v) is 6.91. The summed E-state index contributed by atoms with van der Waals surface area (Å²) in [6.45, 7) is 0.193. The van der Waals surface area contributed by atoms with Gasteiger partial charge in [-0.25, -0.2) is 4.39 Å². The third kappa shape index (κ3) is 3.53. The maximum Gasteiger partial charge on any atom is 0.124 e. The summed E-state index contributed by atoms with van der Waals surface area (Å²) in [5.74, 6) is -0.125. The van der Waals surface area contributed by atoms with Crippen LogP contribution >= 0.6 is 11.6 Å². The van der Waals surface area contributed by atoms with E-state index in [4.69, 9.17) is 22.1 Å². The molecule has 112 valence electrons. The zero-order valence-electron chi connectivity index (χ0n) is 11.6. The number of hydrogen-bond acceptors (Lipinski definition) is 3. The minimum atomic E-state index is -0.830. The van der Waals surface area contributed by atoms with Gasteiger partial charge in [-0.05, 0) is 35.4 Å². The van der Waals surface area contributed by atoms with Gasteiger partial charge in [0, 0.05) is 17.5 Å². The van der Waals surface area contributed by atoms with Crippen molar-refractivity contribution in [3.8, 4) is 5.75 Å². The average Bonchev–Trinajstić information content (AvgIpc) is 2.50. The highest BCUT2D eigenvalue weighted by Crippen LogP contribution is 2.34. The van der Waals surface area contributed by atoms with Crippen LogP contribution in [0.4, 0.5) is 4.39 Å². The van der Waals surface area contributed by atoms with Crippen molar-refractivity contribution in [3.63, 3.8) is 0 Å². The fourth-order valence-corrected chi connectivity index (χ4v) is 2.57. The number of methoxy groups -OCH3 is 1. The third-order valence-corrected chi connectivity index (χ3v) is 3.78. The van der Waals surface area contributed by atoms with Crippen LogP contribution in [0.5, 0.6) is 5.75 Å². The first-order chi connectivity index (χ1) is 10.1. The van der Waals surface area contributed by atoms with Crippen molar-refractivity contribution in [1.29, 1.82) is 0 Å². The van der Waals surface area contributed by atoms with Crippen LogP contribution < -0.4 is 10.5 Å². The number of hydrogen-bond donors (Lipinski definition) is 2. The summed E-state index contributed by atoms with van der Waals surface area (Å²) in [6.07, 6.45) is -0.830. The normalized spacial score (nSPS) is 13.8. The zero-order chi connectivity index (χ0) is 15.4. The highest BCUT2D eigenvalue weighted by atomic mass is 35.5. The summed E-state index contributed by atoms with van der Waals surface area (Å²) in [5, 5.41) is 10.8. The van der Waals surface area contributed by atoms with Crippen LogP contribution in [0.1, 0.15) is 23.1 Å². The van der Waals surface area contributed by atoms with E-state index in [9.17, 15) is 9.50 Å². The molecule has 0 amide bonds. The van der Waals surface area contributed by atoms with E-state index in [1.54, 1.807) is 37.4 Å². The average molecular weight is 310 g/mol. The fraction of sp³-hybridized carbons (Fsp3) is 0.250. The number of nitrogens with two attached hydrogens (primary N) is 1. The molecule has 2 atom stereocenters. The summed E-state index contributed by atoms with van der Waals surface area (Å²) in [4.78, 5) is 0. The van der Waals surface area contributed by atoms with Gasteiger partial charge in [0.25, 0.3) is 0 Å². The maximum atomic E-state index is 13.1. The number of halogens is 2. The monoisotopic (exact) mass is 309 g/mol. The fourth-order valence-electron chi connectivity index (χ4n) is 2.26. The van der Waals surface area contributed by atoms with E-state index in [1.807, 2.05) is 0 Å².